The van der Waals surface area contributed by atoms with E-state index in [0.717, 1.165) is 12.8 Å². The third-order valence-electron chi connectivity index (χ3n) is 3.23. The van der Waals surface area contributed by atoms with Gasteiger partial charge in [-0.05, 0) is 6.42 Å². The van der Waals surface area contributed by atoms with Crippen molar-refractivity contribution in [3.63, 3.8) is 0 Å². The predicted molar refractivity (Wildman–Crippen MR) is 78.9 cm³/mol. The lowest BCUT2D eigenvalue weighted by Crippen LogP contribution is -2.15. The number of nitrogens with two attached hydrogens (primary N) is 1. The topological polar surface area (TPSA) is 72.9 Å². The molecule has 5 nitrogen and oxygen atoms in total. The van der Waals surface area contributed by atoms with Gasteiger partial charge in [-0.2, -0.15) is 5.10 Å². The third-order valence-corrected chi connectivity index (χ3v) is 3.23. The highest BCUT2D eigenvalue weighted by Gasteiger charge is 2.08. The first kappa shape index (κ1) is 15.5. The first-order chi connectivity index (χ1) is 9.15. The maximum Gasteiger partial charge on any atom is 0.225 e. The molecule has 0 saturated heterocycles. The zero-order valence-corrected chi connectivity index (χ0v) is 12.1. The van der Waals surface area contributed by atoms with Gasteiger partial charge in [-0.1, -0.05) is 45.4 Å². The Morgan fingerprint density at radius 1 is 1.26 bits per heavy atom. The molecule has 1 amide bonds. The van der Waals surface area contributed by atoms with E-state index in [1.54, 1.807) is 17.9 Å². The van der Waals surface area contributed by atoms with Gasteiger partial charge in [-0.3, -0.25) is 9.48 Å². The molecule has 108 valence electrons. The predicted octanol–water partition coefficient (Wildman–Crippen LogP) is 3.08. The van der Waals surface area contributed by atoms with Crippen LogP contribution in [-0.4, -0.2) is 15.7 Å². The number of rotatable bonds is 9. The smallest absolute Gasteiger partial charge is 0.225 e. The Labute approximate surface area is 115 Å². The van der Waals surface area contributed by atoms with Gasteiger partial charge in [0.2, 0.25) is 5.91 Å². The van der Waals surface area contributed by atoms with Crippen molar-refractivity contribution in [2.24, 2.45) is 7.05 Å². The first-order valence-electron chi connectivity index (χ1n) is 7.22. The number of nitrogens with zero attached hydrogens (tertiary/aromatic N) is 2. The minimum absolute atomic E-state index is 0.0175. The van der Waals surface area contributed by atoms with Gasteiger partial charge in [0, 0.05) is 13.5 Å². The van der Waals surface area contributed by atoms with Crippen molar-refractivity contribution in [2.75, 3.05) is 11.1 Å². The molecule has 0 aliphatic carbocycles. The van der Waals surface area contributed by atoms with Crippen LogP contribution in [0, 0.1) is 0 Å². The maximum atomic E-state index is 11.7. The Balaban J connectivity index is 2.12. The number of aryl methyl sites for hydroxylation is 1. The van der Waals surface area contributed by atoms with E-state index in [0.29, 0.717) is 17.9 Å². The summed E-state index contributed by atoms with van der Waals surface area (Å²) >= 11 is 0. The zero-order chi connectivity index (χ0) is 14.1. The van der Waals surface area contributed by atoms with E-state index in [4.69, 9.17) is 5.73 Å². The highest BCUT2D eigenvalue weighted by atomic mass is 16.1. The van der Waals surface area contributed by atoms with Crippen molar-refractivity contribution < 1.29 is 4.79 Å². The van der Waals surface area contributed by atoms with Crippen molar-refractivity contribution in [1.29, 1.82) is 0 Å². The number of nitrogens with one attached hydrogen (secondary N) is 1. The molecule has 0 saturated carbocycles. The number of hydrogen-bond donors (Lipinski definition) is 2. The van der Waals surface area contributed by atoms with Crippen molar-refractivity contribution in [3.05, 3.63) is 6.20 Å². The van der Waals surface area contributed by atoms with Crippen molar-refractivity contribution in [3.8, 4) is 0 Å². The molecule has 0 aliphatic rings. The average Bonchev–Trinajstić information content (AvgIpc) is 2.69. The monoisotopic (exact) mass is 266 g/mol. The summed E-state index contributed by atoms with van der Waals surface area (Å²) in [7, 11) is 1.76. The molecule has 1 heterocycles. The van der Waals surface area contributed by atoms with Crippen LogP contribution in [0.2, 0.25) is 0 Å². The van der Waals surface area contributed by atoms with E-state index in [9.17, 15) is 4.79 Å². The second-order valence-corrected chi connectivity index (χ2v) is 4.99. The van der Waals surface area contributed by atoms with E-state index in [1.165, 1.54) is 32.1 Å². The SMILES string of the molecule is CCCCCCCCCC(=O)Nc1c(N)cnn1C. The molecule has 0 unspecified atom stereocenters. The Morgan fingerprint density at radius 3 is 2.47 bits per heavy atom. The fraction of sp³-hybridized carbons (Fsp3) is 0.714. The summed E-state index contributed by atoms with van der Waals surface area (Å²) in [4.78, 5) is 11.7. The van der Waals surface area contributed by atoms with Crippen LogP contribution in [0.3, 0.4) is 0 Å². The van der Waals surface area contributed by atoms with Crippen LogP contribution in [0.1, 0.15) is 58.3 Å². The minimum atomic E-state index is 0.0175. The van der Waals surface area contributed by atoms with Crippen LogP contribution in [0.25, 0.3) is 0 Å². The molecule has 0 aliphatic heterocycles. The van der Waals surface area contributed by atoms with Gasteiger partial charge in [0.25, 0.3) is 0 Å². The van der Waals surface area contributed by atoms with Crippen molar-refractivity contribution in [1.82, 2.24) is 9.78 Å². The van der Waals surface area contributed by atoms with Crippen LogP contribution >= 0.6 is 0 Å². The van der Waals surface area contributed by atoms with E-state index < -0.39 is 0 Å². The van der Waals surface area contributed by atoms with Crippen LogP contribution < -0.4 is 11.1 Å². The Kier molecular flexibility index (Phi) is 7.00. The normalized spacial score (nSPS) is 10.6. The van der Waals surface area contributed by atoms with Crippen molar-refractivity contribution >= 4 is 17.4 Å². The highest BCUT2D eigenvalue weighted by Crippen LogP contribution is 2.16. The summed E-state index contributed by atoms with van der Waals surface area (Å²) in [5, 5.41) is 6.79. The Bertz CT molecular complexity index is 367. The zero-order valence-electron chi connectivity index (χ0n) is 12.1. The van der Waals surface area contributed by atoms with Gasteiger partial charge in [0.05, 0.1) is 11.9 Å². The highest BCUT2D eigenvalue weighted by molar-refractivity contribution is 5.92. The molecule has 1 aromatic heterocycles. The Morgan fingerprint density at radius 2 is 1.89 bits per heavy atom. The van der Waals surface area contributed by atoms with Gasteiger partial charge >= 0.3 is 0 Å². The number of anilines is 2. The number of carbonyl (C=O) groups excluding carboxylic acids is 1. The lowest BCUT2D eigenvalue weighted by Gasteiger charge is -2.06. The van der Waals surface area contributed by atoms with Crippen LogP contribution in [0.4, 0.5) is 11.5 Å². The number of unbranched alkanes of at least 4 members (excludes halogenated alkanes) is 6. The minimum Gasteiger partial charge on any atom is -0.394 e. The molecular formula is C14H26N4O. The molecule has 0 fully saturated rings. The third kappa shape index (κ3) is 5.77. The standard InChI is InChI=1S/C14H26N4O/c1-3-4-5-6-7-8-9-10-13(19)17-14-12(15)11-16-18(14)2/h11H,3-10,15H2,1-2H3,(H,17,19). The second-order valence-electron chi connectivity index (χ2n) is 4.99. The fourth-order valence-electron chi connectivity index (χ4n) is 2.04. The lowest BCUT2D eigenvalue weighted by atomic mass is 10.1. The summed E-state index contributed by atoms with van der Waals surface area (Å²) in [6.07, 6.45) is 10.6. The van der Waals surface area contributed by atoms with Gasteiger partial charge in [0.15, 0.2) is 5.82 Å². The fourth-order valence-corrected chi connectivity index (χ4v) is 2.04. The Hall–Kier alpha value is -1.52. The second kappa shape index (κ2) is 8.56. The molecule has 0 radical (unpaired) electrons. The molecule has 0 spiro atoms. The summed E-state index contributed by atoms with van der Waals surface area (Å²) in [6, 6.07) is 0. The van der Waals surface area contributed by atoms with E-state index in [1.807, 2.05) is 0 Å². The quantitative estimate of drug-likeness (QED) is 0.675. The molecule has 0 aromatic carbocycles. The number of nitrogen functional groups attached to an aromatic ring is 1. The largest absolute Gasteiger partial charge is 0.394 e. The van der Waals surface area contributed by atoms with Crippen LogP contribution in [-0.2, 0) is 11.8 Å². The molecule has 0 bridgehead atoms. The molecular weight excluding hydrogens is 240 g/mol. The van der Waals surface area contributed by atoms with Crippen molar-refractivity contribution in [2.45, 2.75) is 58.3 Å². The van der Waals surface area contributed by atoms with Gasteiger partial charge in [0.1, 0.15) is 0 Å². The van der Waals surface area contributed by atoms with Gasteiger partial charge in [-0.15, -0.1) is 0 Å². The lowest BCUT2D eigenvalue weighted by molar-refractivity contribution is -0.116. The summed E-state index contributed by atoms with van der Waals surface area (Å²) in [6.45, 7) is 2.22. The summed E-state index contributed by atoms with van der Waals surface area (Å²) < 4.78 is 1.58. The van der Waals surface area contributed by atoms with Gasteiger partial charge < -0.3 is 11.1 Å². The molecule has 1 aromatic rings. The number of amides is 1. The van der Waals surface area contributed by atoms with Crippen LogP contribution in [0.15, 0.2) is 6.20 Å². The van der Waals surface area contributed by atoms with E-state index >= 15 is 0 Å². The summed E-state index contributed by atoms with van der Waals surface area (Å²) in [5.41, 5.74) is 6.22. The average molecular weight is 266 g/mol. The van der Waals surface area contributed by atoms with Gasteiger partial charge in [-0.25, -0.2) is 0 Å². The van der Waals surface area contributed by atoms with E-state index in [2.05, 4.69) is 17.3 Å². The first-order valence-corrected chi connectivity index (χ1v) is 7.22. The number of carbonyl (C=O) groups is 1. The molecule has 1 rings (SSSR count). The molecule has 19 heavy (non-hydrogen) atoms. The van der Waals surface area contributed by atoms with E-state index in [-0.39, 0.29) is 5.91 Å². The van der Waals surface area contributed by atoms with Crippen LogP contribution in [0.5, 0.6) is 0 Å². The molecule has 3 N–H and O–H groups in total. The number of hydrogen-bond acceptors (Lipinski definition) is 3. The molecule has 5 heteroatoms. The summed E-state index contributed by atoms with van der Waals surface area (Å²) in [5.74, 6) is 0.608. The number of aromatic nitrogens is 2. The molecule has 0 atom stereocenters. The maximum absolute atomic E-state index is 11.7.